The summed E-state index contributed by atoms with van der Waals surface area (Å²) in [6.07, 6.45) is 6.85. The van der Waals surface area contributed by atoms with Crippen LogP contribution in [0, 0.1) is 0 Å². The van der Waals surface area contributed by atoms with Gasteiger partial charge in [-0.15, -0.1) is 0 Å². The van der Waals surface area contributed by atoms with Crippen LogP contribution in [0.15, 0.2) is 54.6 Å². The maximum absolute atomic E-state index is 12.6. The van der Waals surface area contributed by atoms with Gasteiger partial charge in [-0.25, -0.2) is 10.0 Å². The summed E-state index contributed by atoms with van der Waals surface area (Å²) in [5.74, 6) is 0.632. The maximum Gasteiger partial charge on any atom is 0.261 e. The number of benzene rings is 2. The Kier molecular flexibility index (Phi) is 5.49. The third-order valence-electron chi connectivity index (χ3n) is 4.34. The number of imide groups is 1. The lowest BCUT2D eigenvalue weighted by atomic mass is 10.1. The minimum atomic E-state index is -0.732. The molecule has 0 saturated heterocycles. The number of fused-ring (bicyclic) bond motifs is 1. The SMILES string of the molecule is CS(C)(C)CN(CCN1C(=O)c2ccccc2C1=O)Cc1ccccc1. The molecule has 2 aromatic carbocycles. The first-order valence-electron chi connectivity index (χ1n) is 8.73. The molecule has 2 amide bonds. The molecule has 2 aromatic rings. The van der Waals surface area contributed by atoms with E-state index in [1.807, 2.05) is 18.2 Å². The topological polar surface area (TPSA) is 40.6 Å². The minimum Gasteiger partial charge on any atom is -0.290 e. The average Bonchev–Trinajstić information content (AvgIpc) is 2.84. The van der Waals surface area contributed by atoms with Crippen molar-refractivity contribution >= 4 is 21.8 Å². The zero-order valence-electron chi connectivity index (χ0n) is 15.6. The average molecular weight is 371 g/mol. The first-order valence-corrected chi connectivity index (χ1v) is 11.8. The molecule has 0 unspecified atom stereocenters. The number of carbonyl (C=O) groups is 2. The second kappa shape index (κ2) is 7.64. The Bertz CT molecular complexity index is 764. The van der Waals surface area contributed by atoms with Crippen LogP contribution in [0.3, 0.4) is 0 Å². The van der Waals surface area contributed by atoms with Crippen molar-refractivity contribution in [1.82, 2.24) is 9.80 Å². The fourth-order valence-electron chi connectivity index (χ4n) is 3.26. The Morgan fingerprint density at radius 2 is 1.38 bits per heavy atom. The fourth-order valence-corrected chi connectivity index (χ4v) is 4.58. The van der Waals surface area contributed by atoms with Crippen molar-refractivity contribution in [2.75, 3.05) is 37.7 Å². The Labute approximate surface area is 157 Å². The molecule has 3 rings (SSSR count). The van der Waals surface area contributed by atoms with Gasteiger partial charge in [0.15, 0.2) is 0 Å². The van der Waals surface area contributed by atoms with Crippen LogP contribution in [0.5, 0.6) is 0 Å². The Morgan fingerprint density at radius 1 is 0.846 bits per heavy atom. The Hall–Kier alpha value is -2.11. The summed E-state index contributed by atoms with van der Waals surface area (Å²) in [6, 6.07) is 17.4. The number of rotatable bonds is 7. The molecule has 0 N–H and O–H groups in total. The molecule has 1 aliphatic rings. The van der Waals surface area contributed by atoms with E-state index in [1.54, 1.807) is 24.3 Å². The predicted octanol–water partition coefficient (Wildman–Crippen LogP) is 3.44. The smallest absolute Gasteiger partial charge is 0.261 e. The molecule has 0 atom stereocenters. The molecule has 0 aliphatic carbocycles. The summed E-state index contributed by atoms with van der Waals surface area (Å²) in [7, 11) is -0.732. The van der Waals surface area contributed by atoms with Gasteiger partial charge in [-0.1, -0.05) is 42.5 Å². The van der Waals surface area contributed by atoms with Crippen LogP contribution in [0.4, 0.5) is 0 Å². The number of amides is 2. The summed E-state index contributed by atoms with van der Waals surface area (Å²) >= 11 is 0. The van der Waals surface area contributed by atoms with Crippen LogP contribution in [0.2, 0.25) is 0 Å². The van der Waals surface area contributed by atoms with E-state index < -0.39 is 10.0 Å². The van der Waals surface area contributed by atoms with Crippen molar-refractivity contribution in [3.8, 4) is 0 Å². The van der Waals surface area contributed by atoms with E-state index in [1.165, 1.54) is 10.5 Å². The van der Waals surface area contributed by atoms with Gasteiger partial charge >= 0.3 is 0 Å². The van der Waals surface area contributed by atoms with Crippen molar-refractivity contribution in [1.29, 1.82) is 0 Å². The van der Waals surface area contributed by atoms with E-state index in [2.05, 4.69) is 35.8 Å². The van der Waals surface area contributed by atoms with Crippen LogP contribution < -0.4 is 0 Å². The van der Waals surface area contributed by atoms with Gasteiger partial charge in [-0.2, -0.15) is 0 Å². The van der Waals surface area contributed by atoms with Crippen molar-refractivity contribution in [3.05, 3.63) is 71.3 Å². The standard InChI is InChI=1S/C21H26N2O2S/c1-26(2,3)16-22(15-17-9-5-4-6-10-17)13-14-23-20(24)18-11-7-8-12-19(18)21(23)25/h4-12H,13-16H2,1-3H3. The molecular formula is C21H26N2O2S. The molecule has 4 nitrogen and oxygen atoms in total. The molecule has 26 heavy (non-hydrogen) atoms. The summed E-state index contributed by atoms with van der Waals surface area (Å²) < 4.78 is 0. The van der Waals surface area contributed by atoms with Gasteiger partial charge in [-0.3, -0.25) is 19.4 Å². The molecular weight excluding hydrogens is 344 g/mol. The molecule has 138 valence electrons. The van der Waals surface area contributed by atoms with Crippen molar-refractivity contribution in [2.45, 2.75) is 6.54 Å². The summed E-state index contributed by atoms with van der Waals surface area (Å²) in [5.41, 5.74) is 2.29. The fraction of sp³-hybridized carbons (Fsp3) is 0.333. The minimum absolute atomic E-state index is 0.173. The highest BCUT2D eigenvalue weighted by atomic mass is 32.3. The van der Waals surface area contributed by atoms with Gasteiger partial charge in [0.1, 0.15) is 0 Å². The summed E-state index contributed by atoms with van der Waals surface area (Å²) in [5, 5.41) is 0. The summed E-state index contributed by atoms with van der Waals surface area (Å²) in [4.78, 5) is 28.9. The predicted molar refractivity (Wildman–Crippen MR) is 109 cm³/mol. The zero-order valence-corrected chi connectivity index (χ0v) is 16.5. The van der Waals surface area contributed by atoms with Gasteiger partial charge in [0, 0.05) is 25.5 Å². The monoisotopic (exact) mass is 370 g/mol. The molecule has 0 saturated carbocycles. The molecule has 0 bridgehead atoms. The van der Waals surface area contributed by atoms with Gasteiger partial charge in [0.25, 0.3) is 11.8 Å². The number of carbonyl (C=O) groups excluding carboxylic acids is 2. The quantitative estimate of drug-likeness (QED) is 0.701. The number of hydrogen-bond donors (Lipinski definition) is 0. The van der Waals surface area contributed by atoms with Crippen LogP contribution >= 0.6 is 10.0 Å². The van der Waals surface area contributed by atoms with Crippen molar-refractivity contribution in [2.24, 2.45) is 0 Å². The first kappa shape index (κ1) is 18.7. The molecule has 0 radical (unpaired) electrons. The Balaban J connectivity index is 1.70. The van der Waals surface area contributed by atoms with E-state index >= 15 is 0 Å². The molecule has 0 fully saturated rings. The number of hydrogen-bond acceptors (Lipinski definition) is 3. The molecule has 0 spiro atoms. The molecule has 1 aliphatic heterocycles. The first-order chi connectivity index (χ1) is 12.3. The van der Waals surface area contributed by atoms with Crippen molar-refractivity contribution < 1.29 is 9.59 Å². The van der Waals surface area contributed by atoms with Crippen LogP contribution in [0.1, 0.15) is 26.3 Å². The van der Waals surface area contributed by atoms with E-state index in [0.717, 1.165) is 12.4 Å². The zero-order chi connectivity index (χ0) is 18.7. The van der Waals surface area contributed by atoms with E-state index in [0.29, 0.717) is 24.2 Å². The lowest BCUT2D eigenvalue weighted by Crippen LogP contribution is -2.39. The molecule has 1 heterocycles. The van der Waals surface area contributed by atoms with E-state index in [9.17, 15) is 9.59 Å². The van der Waals surface area contributed by atoms with Crippen LogP contribution in [-0.2, 0) is 6.54 Å². The Morgan fingerprint density at radius 3 is 1.92 bits per heavy atom. The maximum atomic E-state index is 12.6. The van der Waals surface area contributed by atoms with Gasteiger partial charge < -0.3 is 0 Å². The second-order valence-electron chi connectivity index (χ2n) is 7.57. The van der Waals surface area contributed by atoms with Crippen molar-refractivity contribution in [3.63, 3.8) is 0 Å². The lowest BCUT2D eigenvalue weighted by molar-refractivity contribution is 0.0639. The summed E-state index contributed by atoms with van der Waals surface area (Å²) in [6.45, 7) is 1.94. The van der Waals surface area contributed by atoms with Gasteiger partial charge in [-0.05, 0) is 36.5 Å². The van der Waals surface area contributed by atoms with Gasteiger partial charge in [0.05, 0.1) is 11.1 Å². The normalized spacial score (nSPS) is 14.8. The third kappa shape index (κ3) is 4.34. The number of nitrogens with zero attached hydrogens (tertiary/aromatic N) is 2. The van der Waals surface area contributed by atoms with E-state index in [4.69, 9.17) is 0 Å². The van der Waals surface area contributed by atoms with Gasteiger partial charge in [0.2, 0.25) is 0 Å². The van der Waals surface area contributed by atoms with Crippen LogP contribution in [-0.4, -0.2) is 59.3 Å². The molecule has 5 heteroatoms. The lowest BCUT2D eigenvalue weighted by Gasteiger charge is -2.34. The third-order valence-corrected chi connectivity index (χ3v) is 5.48. The highest BCUT2D eigenvalue weighted by Gasteiger charge is 2.35. The van der Waals surface area contributed by atoms with E-state index in [-0.39, 0.29) is 11.8 Å². The highest BCUT2D eigenvalue weighted by Crippen LogP contribution is 2.35. The van der Waals surface area contributed by atoms with Crippen LogP contribution in [0.25, 0.3) is 0 Å². The second-order valence-corrected chi connectivity index (χ2v) is 12.0. The molecule has 0 aromatic heterocycles. The highest BCUT2D eigenvalue weighted by molar-refractivity contribution is 8.32. The largest absolute Gasteiger partial charge is 0.290 e.